The molecule has 0 aliphatic heterocycles. The predicted molar refractivity (Wildman–Crippen MR) is 110 cm³/mol. The zero-order chi connectivity index (χ0) is 22.5. The van der Waals surface area contributed by atoms with Crippen LogP contribution in [-0.4, -0.2) is 66.7 Å². The van der Waals surface area contributed by atoms with Gasteiger partial charge in [0.1, 0.15) is 6.10 Å². The summed E-state index contributed by atoms with van der Waals surface area (Å²) in [5.41, 5.74) is -1.06. The summed E-state index contributed by atoms with van der Waals surface area (Å²) in [6.07, 6.45) is 1.97. The minimum Gasteiger partial charge on any atom is -0.383 e. The number of aliphatic hydroxyl groups is 1. The first-order chi connectivity index (χ1) is 13.4. The Morgan fingerprint density at radius 1 is 1.21 bits per heavy atom. The lowest BCUT2D eigenvalue weighted by atomic mass is 9.87. The molecule has 12 heteroatoms. The fourth-order valence-electron chi connectivity index (χ4n) is 2.09. The van der Waals surface area contributed by atoms with E-state index < -0.39 is 35.9 Å². The second-order valence-corrected chi connectivity index (χ2v) is 9.96. The molecule has 0 radical (unpaired) electrons. The van der Waals surface area contributed by atoms with Gasteiger partial charge >= 0.3 is 8.60 Å². The third-order valence-electron chi connectivity index (χ3n) is 3.88. The fraction of sp³-hybridized carbons (Fsp3) is 0.765. The number of allylic oxidation sites excluding steroid dienone is 1. The predicted octanol–water partition coefficient (Wildman–Crippen LogP) is 0.343. The smallest absolute Gasteiger partial charge is 0.327 e. The van der Waals surface area contributed by atoms with Crippen molar-refractivity contribution in [1.82, 2.24) is 10.6 Å². The van der Waals surface area contributed by atoms with E-state index in [2.05, 4.69) is 15.2 Å². The molecule has 0 aliphatic carbocycles. The molecule has 0 aromatic carbocycles. The zero-order valence-corrected chi connectivity index (χ0v) is 18.8. The van der Waals surface area contributed by atoms with Crippen LogP contribution in [0.4, 0.5) is 0 Å². The number of unbranched alkanes of at least 4 members (excludes halogenated alkanes) is 1. The summed E-state index contributed by atoms with van der Waals surface area (Å²) in [7, 11) is -5.86. The van der Waals surface area contributed by atoms with E-state index in [1.807, 2.05) is 6.92 Å². The number of hydrogen-bond acceptors (Lipinski definition) is 8. The summed E-state index contributed by atoms with van der Waals surface area (Å²) >= 11 is 0. The lowest BCUT2D eigenvalue weighted by molar-refractivity contribution is -0.136. The topological polar surface area (TPSA) is 162 Å². The Kier molecular flexibility index (Phi) is 13.5. The van der Waals surface area contributed by atoms with Crippen molar-refractivity contribution in [3.05, 3.63) is 11.5 Å². The van der Waals surface area contributed by atoms with Gasteiger partial charge in [-0.15, -0.1) is 0 Å². The molecule has 0 spiro atoms. The van der Waals surface area contributed by atoms with E-state index in [9.17, 15) is 23.1 Å². The molecule has 170 valence electrons. The number of rotatable bonds is 15. The highest BCUT2D eigenvalue weighted by molar-refractivity contribution is 7.94. The maximum absolute atomic E-state index is 12.0. The van der Waals surface area contributed by atoms with Crippen LogP contribution in [0.15, 0.2) is 11.5 Å². The normalized spacial score (nSPS) is 13.6. The first kappa shape index (κ1) is 27.9. The van der Waals surface area contributed by atoms with E-state index in [1.54, 1.807) is 6.08 Å². The maximum Gasteiger partial charge on any atom is 0.327 e. The standard InChI is InChI=1S/C17H33N2O8PS/c1-4-5-6-11-29(25,26)12-7-9-18-14(20)8-10-19-16(22)15(21)17(2,3)13-27-28(23)24/h6,11,15,21,23-24H,4-5,7-10,12-13H2,1-3H3,(H,18,20)(H,19,22)/b11-6-/t15-/m0/s1. The van der Waals surface area contributed by atoms with Gasteiger partial charge in [0.2, 0.25) is 11.8 Å². The molecule has 0 aromatic heterocycles. The van der Waals surface area contributed by atoms with E-state index in [0.717, 1.165) is 6.42 Å². The third kappa shape index (κ3) is 13.7. The maximum atomic E-state index is 12.0. The Labute approximate surface area is 173 Å². The minimum absolute atomic E-state index is 0.0105. The number of hydrogen-bond donors (Lipinski definition) is 5. The van der Waals surface area contributed by atoms with E-state index in [1.165, 1.54) is 19.3 Å². The third-order valence-corrected chi connectivity index (χ3v) is 5.70. The molecule has 0 rings (SSSR count). The van der Waals surface area contributed by atoms with Gasteiger partial charge < -0.3 is 30.1 Å². The lowest BCUT2D eigenvalue weighted by Gasteiger charge is -2.29. The monoisotopic (exact) mass is 456 g/mol. The molecule has 5 N–H and O–H groups in total. The van der Waals surface area contributed by atoms with Gasteiger partial charge in [0, 0.05) is 30.3 Å². The summed E-state index contributed by atoms with van der Waals surface area (Å²) in [4.78, 5) is 41.2. The highest BCUT2D eigenvalue weighted by Crippen LogP contribution is 2.31. The molecular formula is C17H33N2O8PS. The van der Waals surface area contributed by atoms with Crippen LogP contribution in [0.25, 0.3) is 0 Å². The molecule has 0 saturated heterocycles. The average Bonchev–Trinajstić information content (AvgIpc) is 2.63. The van der Waals surface area contributed by atoms with Gasteiger partial charge in [0.15, 0.2) is 9.84 Å². The van der Waals surface area contributed by atoms with Gasteiger partial charge in [-0.25, -0.2) is 8.42 Å². The zero-order valence-electron chi connectivity index (χ0n) is 17.1. The molecule has 2 amide bonds. The highest BCUT2D eigenvalue weighted by Gasteiger charge is 2.34. The van der Waals surface area contributed by atoms with Crippen molar-refractivity contribution in [2.45, 2.75) is 52.6 Å². The van der Waals surface area contributed by atoms with Gasteiger partial charge in [-0.05, 0) is 12.8 Å². The summed E-state index contributed by atoms with van der Waals surface area (Å²) in [6, 6.07) is 0. The van der Waals surface area contributed by atoms with Crippen molar-refractivity contribution >= 4 is 30.3 Å². The molecule has 0 fully saturated rings. The molecule has 29 heavy (non-hydrogen) atoms. The van der Waals surface area contributed by atoms with Crippen molar-refractivity contribution in [1.29, 1.82) is 0 Å². The Morgan fingerprint density at radius 2 is 1.86 bits per heavy atom. The molecular weight excluding hydrogens is 423 g/mol. The van der Waals surface area contributed by atoms with Crippen LogP contribution in [0.5, 0.6) is 0 Å². The summed E-state index contributed by atoms with van der Waals surface area (Å²) < 4.78 is 28.1. The van der Waals surface area contributed by atoms with E-state index in [4.69, 9.17) is 9.79 Å². The molecule has 0 aliphatic rings. The van der Waals surface area contributed by atoms with Crippen LogP contribution >= 0.6 is 8.60 Å². The van der Waals surface area contributed by atoms with E-state index in [-0.39, 0.29) is 44.2 Å². The van der Waals surface area contributed by atoms with Crippen molar-refractivity contribution in [3.63, 3.8) is 0 Å². The number of nitrogens with one attached hydrogen (secondary N) is 2. The van der Waals surface area contributed by atoms with E-state index >= 15 is 0 Å². The number of carbonyl (C=O) groups is 2. The summed E-state index contributed by atoms with van der Waals surface area (Å²) in [5.74, 6) is -1.12. The Morgan fingerprint density at radius 3 is 2.45 bits per heavy atom. The van der Waals surface area contributed by atoms with Crippen LogP contribution in [0.1, 0.15) is 46.5 Å². The van der Waals surface area contributed by atoms with Gasteiger partial charge in [-0.2, -0.15) is 0 Å². The number of carbonyl (C=O) groups excluding carboxylic acids is 2. The van der Waals surface area contributed by atoms with Crippen molar-refractivity contribution < 1.29 is 37.4 Å². The van der Waals surface area contributed by atoms with Crippen molar-refractivity contribution in [2.24, 2.45) is 5.41 Å². The Bertz CT molecular complexity index is 637. The van der Waals surface area contributed by atoms with Crippen LogP contribution in [0.3, 0.4) is 0 Å². The Hall–Kier alpha value is -1.10. The number of amides is 2. The molecule has 1 atom stereocenters. The van der Waals surface area contributed by atoms with Gasteiger partial charge in [-0.3, -0.25) is 9.59 Å². The Balaban J connectivity index is 4.10. The molecule has 10 nitrogen and oxygen atoms in total. The molecule has 0 bridgehead atoms. The molecule has 0 aromatic rings. The fourth-order valence-corrected chi connectivity index (χ4v) is 3.65. The first-order valence-corrected chi connectivity index (χ1v) is 12.2. The second kappa shape index (κ2) is 14.0. The van der Waals surface area contributed by atoms with Gasteiger partial charge in [-0.1, -0.05) is 33.3 Å². The lowest BCUT2D eigenvalue weighted by Crippen LogP contribution is -2.46. The van der Waals surface area contributed by atoms with Crippen molar-refractivity contribution in [3.8, 4) is 0 Å². The number of aliphatic hydroxyl groups excluding tert-OH is 1. The van der Waals surface area contributed by atoms with Crippen molar-refractivity contribution in [2.75, 3.05) is 25.4 Å². The summed E-state index contributed by atoms with van der Waals surface area (Å²) in [5, 5.41) is 16.2. The average molecular weight is 456 g/mol. The van der Waals surface area contributed by atoms with Crippen LogP contribution < -0.4 is 10.6 Å². The van der Waals surface area contributed by atoms with Crippen LogP contribution in [0, 0.1) is 5.41 Å². The quantitative estimate of drug-likeness (QED) is 0.174. The molecule has 0 saturated carbocycles. The van der Waals surface area contributed by atoms with Crippen LogP contribution in [0.2, 0.25) is 0 Å². The molecule has 0 unspecified atom stereocenters. The minimum atomic E-state index is -3.27. The summed E-state index contributed by atoms with van der Waals surface area (Å²) in [6.45, 7) is 4.95. The van der Waals surface area contributed by atoms with Gasteiger partial charge in [0.05, 0.1) is 12.4 Å². The SMILES string of the molecule is CCC/C=C\S(=O)(=O)CCCNC(=O)CCNC(=O)[C@H](O)C(C)(C)COP(O)O. The largest absolute Gasteiger partial charge is 0.383 e. The van der Waals surface area contributed by atoms with Gasteiger partial charge in [0.25, 0.3) is 0 Å². The second-order valence-electron chi connectivity index (χ2n) is 7.19. The van der Waals surface area contributed by atoms with Crippen LogP contribution in [-0.2, 0) is 24.0 Å². The highest BCUT2D eigenvalue weighted by atomic mass is 32.2. The number of sulfone groups is 1. The van der Waals surface area contributed by atoms with E-state index in [0.29, 0.717) is 6.42 Å². The first-order valence-electron chi connectivity index (χ1n) is 9.34. The molecule has 0 heterocycles.